The highest BCUT2D eigenvalue weighted by Gasteiger charge is 2.23. The first-order valence-electron chi connectivity index (χ1n) is 6.92. The maximum Gasteiger partial charge on any atom is 0.273 e. The second-order valence-electron chi connectivity index (χ2n) is 4.95. The van der Waals surface area contributed by atoms with Gasteiger partial charge in [0.15, 0.2) is 0 Å². The standard InChI is InChI=1S/C16H13N2O4S2/c19-23(20,14-9-2-1-3-10-14)17-18-24(21,22)16-12-6-8-13-7-4-5-11-15(13)16/h1-12,17H. The number of nitrogens with zero attached hydrogens (tertiary/aromatic N) is 1. The highest BCUT2D eigenvalue weighted by atomic mass is 32.2. The van der Waals surface area contributed by atoms with E-state index in [1.165, 1.54) is 30.3 Å². The lowest BCUT2D eigenvalue weighted by Crippen LogP contribution is -2.35. The number of fused-ring (bicyclic) bond motifs is 1. The van der Waals surface area contributed by atoms with Crippen molar-refractivity contribution in [1.82, 2.24) is 9.66 Å². The normalized spacial score (nSPS) is 12.3. The van der Waals surface area contributed by atoms with Gasteiger partial charge in [-0.25, -0.2) is 16.8 Å². The molecule has 123 valence electrons. The van der Waals surface area contributed by atoms with Crippen LogP contribution in [0.5, 0.6) is 0 Å². The van der Waals surface area contributed by atoms with Crippen LogP contribution in [0.25, 0.3) is 10.8 Å². The summed E-state index contributed by atoms with van der Waals surface area (Å²) in [5.41, 5.74) is 0. The number of nitrogens with one attached hydrogen (secondary N) is 1. The molecule has 0 unspecified atom stereocenters. The molecule has 0 atom stereocenters. The van der Waals surface area contributed by atoms with E-state index in [0.717, 1.165) is 5.39 Å². The molecule has 24 heavy (non-hydrogen) atoms. The maximum atomic E-state index is 12.4. The van der Waals surface area contributed by atoms with Gasteiger partial charge in [0.05, 0.1) is 9.79 Å². The zero-order chi connectivity index (χ0) is 17.2. The Kier molecular flexibility index (Phi) is 4.37. The molecule has 0 saturated carbocycles. The van der Waals surface area contributed by atoms with E-state index in [4.69, 9.17) is 0 Å². The summed E-state index contributed by atoms with van der Waals surface area (Å²) in [4.78, 5) is 4.92. The van der Waals surface area contributed by atoms with E-state index in [-0.39, 0.29) is 9.79 Å². The van der Waals surface area contributed by atoms with Crippen LogP contribution in [0, 0.1) is 0 Å². The molecule has 0 aliphatic carbocycles. The molecule has 0 heterocycles. The number of hydrogen-bond donors (Lipinski definition) is 1. The second kappa shape index (κ2) is 6.33. The lowest BCUT2D eigenvalue weighted by Gasteiger charge is -2.09. The number of hydrogen-bond acceptors (Lipinski definition) is 4. The van der Waals surface area contributed by atoms with Crippen molar-refractivity contribution in [2.75, 3.05) is 0 Å². The molecule has 0 amide bonds. The van der Waals surface area contributed by atoms with Gasteiger partial charge in [-0.2, -0.15) is 0 Å². The Hall–Kier alpha value is -2.26. The van der Waals surface area contributed by atoms with Crippen molar-refractivity contribution in [3.63, 3.8) is 0 Å². The molecule has 0 bridgehead atoms. The fourth-order valence-corrected chi connectivity index (χ4v) is 4.44. The minimum absolute atomic E-state index is 0.0589. The van der Waals surface area contributed by atoms with Crippen LogP contribution in [0.4, 0.5) is 0 Å². The number of sulfonamides is 2. The SMILES string of the molecule is O=S(=O)([N]NS(=O)(=O)c1ccccc1)c1cccc2ccccc12. The minimum atomic E-state index is -4.19. The van der Waals surface area contributed by atoms with Crippen LogP contribution in [-0.4, -0.2) is 16.8 Å². The van der Waals surface area contributed by atoms with Crippen LogP contribution in [0.15, 0.2) is 82.6 Å². The molecule has 0 aliphatic rings. The van der Waals surface area contributed by atoms with Gasteiger partial charge in [0.25, 0.3) is 20.0 Å². The van der Waals surface area contributed by atoms with Gasteiger partial charge in [-0.3, -0.25) is 0 Å². The molecule has 1 N–H and O–H groups in total. The first-order valence-corrected chi connectivity index (χ1v) is 9.84. The molecule has 1 radical (unpaired) electrons. The van der Waals surface area contributed by atoms with Crippen LogP contribution in [0.1, 0.15) is 0 Å². The summed E-state index contributed by atoms with van der Waals surface area (Å²) in [7, 11) is -8.24. The van der Waals surface area contributed by atoms with Crippen LogP contribution in [0.3, 0.4) is 0 Å². The summed E-state index contributed by atoms with van der Waals surface area (Å²) in [6, 6.07) is 19.1. The molecule has 3 aromatic carbocycles. The molecule has 0 spiro atoms. The first kappa shape index (κ1) is 16.6. The van der Waals surface area contributed by atoms with E-state index in [0.29, 0.717) is 5.39 Å². The van der Waals surface area contributed by atoms with Crippen molar-refractivity contribution in [3.05, 3.63) is 72.8 Å². The van der Waals surface area contributed by atoms with Crippen LogP contribution in [0.2, 0.25) is 0 Å². The fraction of sp³-hybridized carbons (Fsp3) is 0. The summed E-state index contributed by atoms with van der Waals surface area (Å²) >= 11 is 0. The quantitative estimate of drug-likeness (QED) is 0.704. The highest BCUT2D eigenvalue weighted by molar-refractivity contribution is 7.92. The molecule has 0 saturated heterocycles. The third-order valence-electron chi connectivity index (χ3n) is 3.36. The van der Waals surface area contributed by atoms with Crippen LogP contribution in [-0.2, 0) is 20.0 Å². The lowest BCUT2D eigenvalue weighted by molar-refractivity contribution is 0.556. The molecule has 0 aromatic heterocycles. The summed E-state index contributed by atoms with van der Waals surface area (Å²) in [5, 5.41) is 1.20. The largest absolute Gasteiger partial charge is 0.273 e. The second-order valence-corrected chi connectivity index (χ2v) is 8.18. The minimum Gasteiger partial charge on any atom is -0.206 e. The van der Waals surface area contributed by atoms with Crippen molar-refractivity contribution in [2.24, 2.45) is 0 Å². The average Bonchev–Trinajstić information content (AvgIpc) is 2.60. The summed E-state index contributed by atoms with van der Waals surface area (Å²) < 4.78 is 49.1. The van der Waals surface area contributed by atoms with Crippen molar-refractivity contribution in [3.8, 4) is 0 Å². The molecule has 0 fully saturated rings. The highest BCUT2D eigenvalue weighted by Crippen LogP contribution is 2.22. The lowest BCUT2D eigenvalue weighted by atomic mass is 10.1. The van der Waals surface area contributed by atoms with Gasteiger partial charge in [-0.15, -0.1) is 4.83 Å². The van der Waals surface area contributed by atoms with E-state index in [2.05, 4.69) is 4.83 Å². The predicted molar refractivity (Wildman–Crippen MR) is 90.0 cm³/mol. The van der Waals surface area contributed by atoms with Crippen LogP contribution >= 0.6 is 0 Å². The van der Waals surface area contributed by atoms with E-state index >= 15 is 0 Å². The van der Waals surface area contributed by atoms with Crippen molar-refractivity contribution < 1.29 is 16.8 Å². The van der Waals surface area contributed by atoms with Crippen molar-refractivity contribution in [1.29, 1.82) is 0 Å². The molecule has 8 heteroatoms. The zero-order valence-corrected chi connectivity index (χ0v) is 14.0. The Bertz CT molecular complexity index is 1070. The smallest absolute Gasteiger partial charge is 0.206 e. The van der Waals surface area contributed by atoms with Gasteiger partial charge in [0.1, 0.15) is 0 Å². The van der Waals surface area contributed by atoms with Gasteiger partial charge in [0.2, 0.25) is 0 Å². The van der Waals surface area contributed by atoms with Gasteiger partial charge >= 0.3 is 0 Å². The summed E-state index contributed by atoms with van der Waals surface area (Å²) in [5.74, 6) is 0. The maximum absolute atomic E-state index is 12.4. The zero-order valence-electron chi connectivity index (χ0n) is 12.3. The van der Waals surface area contributed by atoms with Crippen molar-refractivity contribution >= 4 is 30.8 Å². The van der Waals surface area contributed by atoms with Crippen molar-refractivity contribution in [2.45, 2.75) is 9.79 Å². The average molecular weight is 361 g/mol. The van der Waals surface area contributed by atoms with Gasteiger partial charge in [-0.05, 0) is 28.4 Å². The first-order chi connectivity index (χ1) is 11.4. The summed E-state index contributed by atoms with van der Waals surface area (Å²) in [6.07, 6.45) is 0. The summed E-state index contributed by atoms with van der Waals surface area (Å²) in [6.45, 7) is 0. The van der Waals surface area contributed by atoms with Gasteiger partial charge in [0, 0.05) is 5.39 Å². The van der Waals surface area contributed by atoms with E-state index in [9.17, 15) is 16.8 Å². The number of rotatable bonds is 5. The molecular formula is C16H13N2O4S2. The monoisotopic (exact) mass is 361 g/mol. The Labute approximate surface area is 140 Å². The molecule has 6 nitrogen and oxygen atoms in total. The molecule has 0 aliphatic heterocycles. The fourth-order valence-electron chi connectivity index (χ4n) is 2.22. The van der Waals surface area contributed by atoms with E-state index in [1.54, 1.807) is 47.3 Å². The Balaban J connectivity index is 1.92. The Morgan fingerprint density at radius 1 is 0.708 bits per heavy atom. The third kappa shape index (κ3) is 3.31. The predicted octanol–water partition coefficient (Wildman–Crippen LogP) is 2.03. The number of benzene rings is 3. The molecular weight excluding hydrogens is 348 g/mol. The van der Waals surface area contributed by atoms with Gasteiger partial charge < -0.3 is 0 Å². The molecule has 3 rings (SSSR count). The topological polar surface area (TPSA) is 94.4 Å². The van der Waals surface area contributed by atoms with Gasteiger partial charge in [-0.1, -0.05) is 54.6 Å². The van der Waals surface area contributed by atoms with E-state index in [1.807, 2.05) is 0 Å². The molecule has 3 aromatic rings. The Morgan fingerprint density at radius 2 is 1.33 bits per heavy atom. The van der Waals surface area contributed by atoms with E-state index < -0.39 is 20.0 Å². The third-order valence-corrected chi connectivity index (χ3v) is 5.94. The Morgan fingerprint density at radius 3 is 2.08 bits per heavy atom. The van der Waals surface area contributed by atoms with Crippen LogP contribution < -0.4 is 9.66 Å².